The van der Waals surface area contributed by atoms with Crippen molar-refractivity contribution in [3.05, 3.63) is 11.9 Å². The van der Waals surface area contributed by atoms with Gasteiger partial charge >= 0.3 is 0 Å². The molecular weight excluding hydrogens is 202 g/mol. The summed E-state index contributed by atoms with van der Waals surface area (Å²) in [6, 6.07) is 0.405. The van der Waals surface area contributed by atoms with E-state index in [0.717, 1.165) is 11.6 Å². The standard InChI is InChI=1S/C12H23N3O/c1-9(2)15-7-10(3)13-11(15)14-12(4,5)8-16-6/h7,9H,8H2,1-6H3,(H,13,14). The summed E-state index contributed by atoms with van der Waals surface area (Å²) in [6.45, 7) is 11.2. The normalized spacial score (nSPS) is 12.2. The maximum atomic E-state index is 5.19. The van der Waals surface area contributed by atoms with Gasteiger partial charge in [0.25, 0.3) is 0 Å². The van der Waals surface area contributed by atoms with Crippen molar-refractivity contribution >= 4 is 5.95 Å². The molecule has 0 radical (unpaired) electrons. The highest BCUT2D eigenvalue weighted by molar-refractivity contribution is 5.32. The predicted octanol–water partition coefficient (Wildman–Crippen LogP) is 2.61. The predicted molar refractivity (Wildman–Crippen MR) is 66.9 cm³/mol. The Morgan fingerprint density at radius 2 is 2.12 bits per heavy atom. The summed E-state index contributed by atoms with van der Waals surface area (Å²) in [6.07, 6.45) is 2.07. The van der Waals surface area contributed by atoms with Crippen LogP contribution in [0.4, 0.5) is 5.95 Å². The Hall–Kier alpha value is -1.03. The van der Waals surface area contributed by atoms with Gasteiger partial charge in [0.05, 0.1) is 17.8 Å². The first-order valence-corrected chi connectivity index (χ1v) is 5.68. The molecule has 4 heteroatoms. The lowest BCUT2D eigenvalue weighted by Gasteiger charge is -2.27. The fourth-order valence-corrected chi connectivity index (χ4v) is 1.70. The van der Waals surface area contributed by atoms with Crippen molar-refractivity contribution in [2.75, 3.05) is 19.0 Å². The highest BCUT2D eigenvalue weighted by Gasteiger charge is 2.20. The number of ether oxygens (including phenoxy) is 1. The molecule has 0 aromatic carbocycles. The SMILES string of the molecule is COCC(C)(C)Nc1nc(C)cn1C(C)C. The van der Waals surface area contributed by atoms with Crippen LogP contribution in [-0.4, -0.2) is 28.8 Å². The van der Waals surface area contributed by atoms with Crippen LogP contribution in [0.25, 0.3) is 0 Å². The summed E-state index contributed by atoms with van der Waals surface area (Å²) in [4.78, 5) is 4.50. The van der Waals surface area contributed by atoms with Crippen molar-refractivity contribution in [1.82, 2.24) is 9.55 Å². The van der Waals surface area contributed by atoms with E-state index in [1.54, 1.807) is 7.11 Å². The fraction of sp³-hybridized carbons (Fsp3) is 0.750. The van der Waals surface area contributed by atoms with Crippen LogP contribution < -0.4 is 5.32 Å². The molecule has 0 amide bonds. The van der Waals surface area contributed by atoms with Crippen LogP contribution in [0.2, 0.25) is 0 Å². The summed E-state index contributed by atoms with van der Waals surface area (Å²) < 4.78 is 7.33. The molecule has 0 aliphatic rings. The van der Waals surface area contributed by atoms with Crippen LogP contribution in [0.5, 0.6) is 0 Å². The average molecular weight is 225 g/mol. The Morgan fingerprint density at radius 3 is 2.62 bits per heavy atom. The third kappa shape index (κ3) is 3.23. The van der Waals surface area contributed by atoms with Crippen molar-refractivity contribution in [1.29, 1.82) is 0 Å². The monoisotopic (exact) mass is 225 g/mol. The molecule has 1 N–H and O–H groups in total. The van der Waals surface area contributed by atoms with E-state index in [1.165, 1.54) is 0 Å². The summed E-state index contributed by atoms with van der Waals surface area (Å²) in [5.41, 5.74) is 0.920. The number of nitrogens with one attached hydrogen (secondary N) is 1. The van der Waals surface area contributed by atoms with Gasteiger partial charge in [-0.05, 0) is 34.6 Å². The van der Waals surface area contributed by atoms with E-state index in [2.05, 4.69) is 48.8 Å². The lowest BCUT2D eigenvalue weighted by Crippen LogP contribution is -2.37. The maximum absolute atomic E-state index is 5.19. The Morgan fingerprint density at radius 1 is 1.50 bits per heavy atom. The topological polar surface area (TPSA) is 39.1 Å². The molecule has 0 bridgehead atoms. The molecule has 1 heterocycles. The van der Waals surface area contributed by atoms with E-state index in [0.29, 0.717) is 12.6 Å². The fourth-order valence-electron chi connectivity index (χ4n) is 1.70. The van der Waals surface area contributed by atoms with E-state index in [1.807, 2.05) is 6.92 Å². The van der Waals surface area contributed by atoms with Gasteiger partial charge in [0.1, 0.15) is 0 Å². The number of rotatable bonds is 5. The van der Waals surface area contributed by atoms with Crippen molar-refractivity contribution < 1.29 is 4.74 Å². The Balaban J connectivity index is 2.87. The van der Waals surface area contributed by atoms with E-state index >= 15 is 0 Å². The van der Waals surface area contributed by atoms with Crippen LogP contribution in [-0.2, 0) is 4.74 Å². The Kier molecular flexibility index (Phi) is 3.97. The van der Waals surface area contributed by atoms with Crippen LogP contribution in [0.15, 0.2) is 6.20 Å². The average Bonchev–Trinajstić information content (AvgIpc) is 2.45. The number of imidazole rings is 1. The van der Waals surface area contributed by atoms with Gasteiger partial charge in [-0.2, -0.15) is 0 Å². The molecule has 1 aromatic heterocycles. The quantitative estimate of drug-likeness (QED) is 0.837. The number of aryl methyl sites for hydroxylation is 1. The molecular formula is C12H23N3O. The molecule has 0 fully saturated rings. The van der Waals surface area contributed by atoms with E-state index in [9.17, 15) is 0 Å². The van der Waals surface area contributed by atoms with E-state index in [4.69, 9.17) is 4.74 Å². The molecule has 0 spiro atoms. The van der Waals surface area contributed by atoms with Crippen LogP contribution >= 0.6 is 0 Å². The highest BCUT2D eigenvalue weighted by Crippen LogP contribution is 2.19. The van der Waals surface area contributed by atoms with Gasteiger partial charge in [-0.15, -0.1) is 0 Å². The van der Waals surface area contributed by atoms with Crippen molar-refractivity contribution in [2.24, 2.45) is 0 Å². The zero-order valence-electron chi connectivity index (χ0n) is 11.2. The number of hydrogen-bond acceptors (Lipinski definition) is 3. The number of nitrogens with zero attached hydrogens (tertiary/aromatic N) is 2. The summed E-state index contributed by atoms with van der Waals surface area (Å²) >= 11 is 0. The molecule has 1 aromatic rings. The van der Waals surface area contributed by atoms with E-state index in [-0.39, 0.29) is 5.54 Å². The zero-order valence-corrected chi connectivity index (χ0v) is 11.2. The van der Waals surface area contributed by atoms with Gasteiger partial charge in [0, 0.05) is 19.3 Å². The van der Waals surface area contributed by atoms with Crippen LogP contribution in [0.1, 0.15) is 39.4 Å². The molecule has 0 atom stereocenters. The largest absolute Gasteiger partial charge is 0.382 e. The first-order valence-electron chi connectivity index (χ1n) is 5.68. The molecule has 0 aliphatic heterocycles. The molecule has 16 heavy (non-hydrogen) atoms. The summed E-state index contributed by atoms with van der Waals surface area (Å²) in [5.74, 6) is 0.912. The Bertz CT molecular complexity index is 342. The smallest absolute Gasteiger partial charge is 0.203 e. The van der Waals surface area contributed by atoms with Gasteiger partial charge in [0.2, 0.25) is 5.95 Å². The summed E-state index contributed by atoms with van der Waals surface area (Å²) in [7, 11) is 1.71. The number of anilines is 1. The molecule has 0 unspecified atom stereocenters. The van der Waals surface area contributed by atoms with Gasteiger partial charge < -0.3 is 14.6 Å². The van der Waals surface area contributed by atoms with Crippen molar-refractivity contribution in [3.8, 4) is 0 Å². The number of aromatic nitrogens is 2. The second-order valence-electron chi connectivity index (χ2n) is 5.15. The zero-order chi connectivity index (χ0) is 12.3. The minimum absolute atomic E-state index is 0.112. The van der Waals surface area contributed by atoms with Gasteiger partial charge in [-0.25, -0.2) is 4.98 Å². The lowest BCUT2D eigenvalue weighted by atomic mass is 10.1. The van der Waals surface area contributed by atoms with Crippen LogP contribution in [0.3, 0.4) is 0 Å². The number of methoxy groups -OCH3 is 1. The van der Waals surface area contributed by atoms with Gasteiger partial charge in [-0.3, -0.25) is 0 Å². The molecule has 4 nitrogen and oxygen atoms in total. The molecule has 0 aliphatic carbocycles. The highest BCUT2D eigenvalue weighted by atomic mass is 16.5. The minimum Gasteiger partial charge on any atom is -0.382 e. The van der Waals surface area contributed by atoms with Gasteiger partial charge in [0.15, 0.2) is 0 Å². The van der Waals surface area contributed by atoms with Gasteiger partial charge in [-0.1, -0.05) is 0 Å². The molecule has 1 rings (SSSR count). The molecule has 0 saturated heterocycles. The number of hydrogen-bond donors (Lipinski definition) is 1. The molecule has 0 saturated carbocycles. The van der Waals surface area contributed by atoms with Crippen molar-refractivity contribution in [3.63, 3.8) is 0 Å². The first-order chi connectivity index (χ1) is 7.35. The second-order valence-corrected chi connectivity index (χ2v) is 5.15. The van der Waals surface area contributed by atoms with E-state index < -0.39 is 0 Å². The van der Waals surface area contributed by atoms with Crippen LogP contribution in [0, 0.1) is 6.92 Å². The third-order valence-electron chi connectivity index (χ3n) is 2.36. The maximum Gasteiger partial charge on any atom is 0.203 e. The minimum atomic E-state index is -0.112. The third-order valence-corrected chi connectivity index (χ3v) is 2.36. The Labute approximate surface area is 98.0 Å². The van der Waals surface area contributed by atoms with Crippen molar-refractivity contribution in [2.45, 2.75) is 46.2 Å². The summed E-state index contributed by atoms with van der Waals surface area (Å²) in [5, 5.41) is 3.42. The lowest BCUT2D eigenvalue weighted by molar-refractivity contribution is 0.157. The first kappa shape index (κ1) is 13.0. The molecule has 92 valence electrons. The second kappa shape index (κ2) is 4.87.